The molecule has 0 heterocycles. The molecule has 1 aliphatic carbocycles. The van der Waals surface area contributed by atoms with Crippen molar-refractivity contribution in [1.29, 1.82) is 0 Å². The molecule has 0 aromatic carbocycles. The zero-order valence-electron chi connectivity index (χ0n) is 13.0. The second-order valence-corrected chi connectivity index (χ2v) is 12.4. The van der Waals surface area contributed by atoms with Gasteiger partial charge >= 0.3 is 0 Å². The van der Waals surface area contributed by atoms with E-state index in [2.05, 4.69) is 41.2 Å². The zero-order valence-corrected chi connectivity index (χ0v) is 14.7. The van der Waals surface area contributed by atoms with Crippen LogP contribution in [-0.4, -0.2) is 7.38 Å². The molecule has 104 valence electrons. The highest BCUT2D eigenvalue weighted by Gasteiger charge is 2.40. The molecule has 0 aromatic rings. The van der Waals surface area contributed by atoms with Gasteiger partial charge in [0, 0.05) is 5.54 Å². The molecule has 1 aliphatic rings. The fraction of sp³-hybridized carbons (Fsp3) is 0.750. The SMILES string of the molecule is CCCCCC[Si](C)(Cl)C1C(C)=C(C)C(C)=C1C. The van der Waals surface area contributed by atoms with E-state index in [0.717, 1.165) is 0 Å². The molecule has 0 aromatic heterocycles. The summed E-state index contributed by atoms with van der Waals surface area (Å²) >= 11 is 7.01. The maximum atomic E-state index is 7.01. The number of rotatable bonds is 6. The van der Waals surface area contributed by atoms with Crippen LogP contribution in [0.15, 0.2) is 22.3 Å². The summed E-state index contributed by atoms with van der Waals surface area (Å²) in [5, 5.41) is 0. The van der Waals surface area contributed by atoms with E-state index in [0.29, 0.717) is 5.54 Å². The van der Waals surface area contributed by atoms with Crippen LogP contribution < -0.4 is 0 Å². The molecule has 0 fully saturated rings. The summed E-state index contributed by atoms with van der Waals surface area (Å²) in [6, 6.07) is 1.26. The number of allylic oxidation sites excluding steroid dienone is 4. The van der Waals surface area contributed by atoms with Gasteiger partial charge in [0.2, 0.25) is 0 Å². The van der Waals surface area contributed by atoms with Gasteiger partial charge in [-0.15, -0.1) is 0 Å². The topological polar surface area (TPSA) is 0 Å². The van der Waals surface area contributed by atoms with E-state index in [1.54, 1.807) is 11.1 Å². The first-order valence-electron chi connectivity index (χ1n) is 7.37. The molecular weight excluding hydrogens is 256 g/mol. The van der Waals surface area contributed by atoms with Crippen molar-refractivity contribution < 1.29 is 0 Å². The summed E-state index contributed by atoms with van der Waals surface area (Å²) in [4.78, 5) is 0. The van der Waals surface area contributed by atoms with Crippen LogP contribution in [0.1, 0.15) is 60.3 Å². The Morgan fingerprint density at radius 3 is 1.89 bits per heavy atom. The van der Waals surface area contributed by atoms with E-state index < -0.39 is 7.38 Å². The summed E-state index contributed by atoms with van der Waals surface area (Å²) in [5.74, 6) is 0. The number of unbranched alkanes of at least 4 members (excludes halogenated alkanes) is 3. The van der Waals surface area contributed by atoms with Crippen LogP contribution in [0, 0.1) is 0 Å². The summed E-state index contributed by atoms with van der Waals surface area (Å²) in [6.07, 6.45) is 5.32. The molecule has 2 heteroatoms. The van der Waals surface area contributed by atoms with Crippen LogP contribution in [0.25, 0.3) is 0 Å². The van der Waals surface area contributed by atoms with Crippen molar-refractivity contribution >= 4 is 18.5 Å². The lowest BCUT2D eigenvalue weighted by atomic mass is 10.1. The van der Waals surface area contributed by atoms with Gasteiger partial charge in [-0.2, -0.15) is 11.1 Å². The van der Waals surface area contributed by atoms with Crippen LogP contribution >= 0.6 is 11.1 Å². The first-order chi connectivity index (χ1) is 8.33. The molecule has 0 bridgehead atoms. The van der Waals surface area contributed by atoms with Crippen molar-refractivity contribution in [3.8, 4) is 0 Å². The second kappa shape index (κ2) is 6.43. The molecule has 0 saturated carbocycles. The Morgan fingerprint density at radius 2 is 1.44 bits per heavy atom. The Morgan fingerprint density at radius 1 is 0.944 bits per heavy atom. The molecule has 0 radical (unpaired) electrons. The summed E-state index contributed by atoms with van der Waals surface area (Å²) in [5.41, 5.74) is 6.66. The molecule has 18 heavy (non-hydrogen) atoms. The first kappa shape index (κ1) is 16.0. The fourth-order valence-corrected chi connectivity index (χ4v) is 8.15. The largest absolute Gasteiger partial charge is 0.166 e. The molecule has 0 nitrogen and oxygen atoms in total. The van der Waals surface area contributed by atoms with Crippen LogP contribution in [0.5, 0.6) is 0 Å². The van der Waals surface area contributed by atoms with Crippen LogP contribution in [-0.2, 0) is 0 Å². The van der Waals surface area contributed by atoms with Gasteiger partial charge in [0.05, 0.1) is 0 Å². The Balaban J connectivity index is 2.74. The highest BCUT2D eigenvalue weighted by atomic mass is 35.6. The van der Waals surface area contributed by atoms with E-state index in [1.807, 2.05) is 0 Å². The van der Waals surface area contributed by atoms with Crippen molar-refractivity contribution in [2.24, 2.45) is 0 Å². The highest BCUT2D eigenvalue weighted by molar-refractivity contribution is 7.21. The third-order valence-corrected chi connectivity index (χ3v) is 9.36. The van der Waals surface area contributed by atoms with E-state index in [1.165, 1.54) is 42.9 Å². The smallest absolute Gasteiger partial charge is 0.164 e. The van der Waals surface area contributed by atoms with E-state index in [-0.39, 0.29) is 0 Å². The second-order valence-electron chi connectivity index (χ2n) is 6.14. The van der Waals surface area contributed by atoms with Gasteiger partial charge in [-0.1, -0.05) is 50.3 Å². The molecule has 0 aliphatic heterocycles. The Kier molecular flexibility index (Phi) is 5.73. The van der Waals surface area contributed by atoms with E-state index in [9.17, 15) is 0 Å². The molecule has 1 unspecified atom stereocenters. The van der Waals surface area contributed by atoms with Crippen molar-refractivity contribution in [2.45, 2.75) is 78.4 Å². The first-order valence-corrected chi connectivity index (χ1v) is 11.2. The van der Waals surface area contributed by atoms with Gasteiger partial charge in [0.15, 0.2) is 7.38 Å². The van der Waals surface area contributed by atoms with Crippen molar-refractivity contribution in [1.82, 2.24) is 0 Å². The van der Waals surface area contributed by atoms with E-state index in [4.69, 9.17) is 11.1 Å². The van der Waals surface area contributed by atoms with Crippen molar-refractivity contribution in [2.75, 3.05) is 0 Å². The molecule has 1 atom stereocenters. The van der Waals surface area contributed by atoms with Crippen LogP contribution in [0.2, 0.25) is 18.1 Å². The summed E-state index contributed by atoms with van der Waals surface area (Å²) in [6.45, 7) is 13.7. The lowest BCUT2D eigenvalue weighted by Gasteiger charge is -2.30. The lowest BCUT2D eigenvalue weighted by Crippen LogP contribution is -2.30. The Bertz CT molecular complexity index is 339. The molecule has 0 N–H and O–H groups in total. The zero-order chi connectivity index (χ0) is 13.9. The Hall–Kier alpha value is -0.0131. The van der Waals surface area contributed by atoms with E-state index >= 15 is 0 Å². The molecule has 0 amide bonds. The van der Waals surface area contributed by atoms with Gasteiger partial charge < -0.3 is 0 Å². The summed E-state index contributed by atoms with van der Waals surface area (Å²) < 4.78 is 0. The third-order valence-electron chi connectivity index (χ3n) is 4.73. The number of hydrogen-bond donors (Lipinski definition) is 0. The lowest BCUT2D eigenvalue weighted by molar-refractivity contribution is 0.696. The quantitative estimate of drug-likeness (QED) is 0.299. The number of hydrogen-bond acceptors (Lipinski definition) is 0. The average Bonchev–Trinajstić information content (AvgIpc) is 2.50. The highest BCUT2D eigenvalue weighted by Crippen LogP contribution is 2.49. The van der Waals surface area contributed by atoms with Gasteiger partial charge in [-0.25, -0.2) is 0 Å². The number of halogens is 1. The van der Waals surface area contributed by atoms with Gasteiger partial charge in [0.25, 0.3) is 0 Å². The van der Waals surface area contributed by atoms with Gasteiger partial charge in [-0.05, 0) is 44.9 Å². The molecular formula is C16H29ClSi. The van der Waals surface area contributed by atoms with Crippen LogP contribution in [0.3, 0.4) is 0 Å². The molecule has 1 rings (SSSR count). The summed E-state index contributed by atoms with van der Waals surface area (Å²) in [7, 11) is -1.67. The fourth-order valence-electron chi connectivity index (χ4n) is 3.29. The monoisotopic (exact) mass is 284 g/mol. The van der Waals surface area contributed by atoms with Crippen LogP contribution in [0.4, 0.5) is 0 Å². The van der Waals surface area contributed by atoms with Crippen molar-refractivity contribution in [3.05, 3.63) is 22.3 Å². The predicted octanol–water partition coefficient (Wildman–Crippen LogP) is 6.44. The maximum absolute atomic E-state index is 7.01. The minimum atomic E-state index is -1.67. The molecule has 0 spiro atoms. The standard InChI is InChI=1S/C16H29ClSi/c1-7-8-9-10-11-18(6,17)16-14(4)12(2)13(3)15(16)5/h16H,7-11H2,1-6H3. The average molecular weight is 285 g/mol. The predicted molar refractivity (Wildman–Crippen MR) is 86.9 cm³/mol. The van der Waals surface area contributed by atoms with Gasteiger partial charge in [0.1, 0.15) is 0 Å². The van der Waals surface area contributed by atoms with Gasteiger partial charge in [-0.3, -0.25) is 0 Å². The third kappa shape index (κ3) is 3.30. The maximum Gasteiger partial charge on any atom is 0.164 e. The minimum absolute atomic E-state index is 0.584. The minimum Gasteiger partial charge on any atom is -0.166 e. The molecule has 0 saturated heterocycles. The van der Waals surface area contributed by atoms with Crippen molar-refractivity contribution in [3.63, 3.8) is 0 Å². The normalized spacial score (nSPS) is 20.8. The Labute approximate surface area is 119 Å².